The number of ether oxygens (including phenoxy) is 1. The van der Waals surface area contributed by atoms with Crippen LogP contribution in [0.2, 0.25) is 0 Å². The Hall–Kier alpha value is -2.05. The zero-order valence-corrected chi connectivity index (χ0v) is 16.0. The molecule has 1 heterocycles. The minimum Gasteiger partial charge on any atom is -0.497 e. The van der Waals surface area contributed by atoms with E-state index in [0.717, 1.165) is 36.8 Å². The van der Waals surface area contributed by atoms with E-state index < -0.39 is 11.7 Å². The number of alkyl halides is 3. The number of methoxy groups -OCH3 is 1. The van der Waals surface area contributed by atoms with Gasteiger partial charge < -0.3 is 9.84 Å². The molecular formula is C22H26F3NO2. The van der Waals surface area contributed by atoms with E-state index in [2.05, 4.69) is 0 Å². The lowest BCUT2D eigenvalue weighted by Gasteiger charge is -2.42. The Balaban J connectivity index is 1.77. The number of benzene rings is 2. The molecule has 1 saturated heterocycles. The van der Waals surface area contributed by atoms with E-state index in [-0.39, 0.29) is 24.1 Å². The Labute approximate surface area is 163 Å². The summed E-state index contributed by atoms with van der Waals surface area (Å²) in [5.74, 6) is 0.761. The second kappa shape index (κ2) is 8.53. The standard InChI is InChI=1S/C22H26F3NO2/c1-28-19-8-4-6-17(12-19)13-21(16-27)10-5-11-26(15-21)14-18-7-2-3-9-20(18)22(23,24)25/h2-4,6-9,12,27H,5,10-11,13-16H2,1H3. The molecule has 28 heavy (non-hydrogen) atoms. The predicted molar refractivity (Wildman–Crippen MR) is 102 cm³/mol. The van der Waals surface area contributed by atoms with Crippen LogP contribution in [0.1, 0.15) is 29.5 Å². The van der Waals surface area contributed by atoms with Crippen LogP contribution >= 0.6 is 0 Å². The third-order valence-corrected chi connectivity index (χ3v) is 5.51. The SMILES string of the molecule is COc1cccc(CC2(CO)CCCN(Cc3ccccc3C(F)(F)F)C2)c1. The summed E-state index contributed by atoms with van der Waals surface area (Å²) in [4.78, 5) is 2.03. The molecule has 152 valence electrons. The third-order valence-electron chi connectivity index (χ3n) is 5.51. The van der Waals surface area contributed by atoms with Crippen molar-refractivity contribution in [1.29, 1.82) is 0 Å². The van der Waals surface area contributed by atoms with E-state index in [1.807, 2.05) is 29.2 Å². The van der Waals surface area contributed by atoms with E-state index in [0.29, 0.717) is 13.0 Å². The number of hydrogen-bond donors (Lipinski definition) is 1. The number of nitrogens with zero attached hydrogens (tertiary/aromatic N) is 1. The van der Waals surface area contributed by atoms with E-state index in [1.165, 1.54) is 6.07 Å². The molecule has 0 radical (unpaired) electrons. The molecule has 1 aliphatic rings. The number of rotatable bonds is 6. The number of likely N-dealkylation sites (tertiary alicyclic amines) is 1. The van der Waals surface area contributed by atoms with Crippen LogP contribution in [0.3, 0.4) is 0 Å². The van der Waals surface area contributed by atoms with Gasteiger partial charge in [-0.05, 0) is 55.1 Å². The van der Waals surface area contributed by atoms with Gasteiger partial charge in [0, 0.05) is 18.5 Å². The molecule has 3 rings (SSSR count). The van der Waals surface area contributed by atoms with Gasteiger partial charge in [-0.3, -0.25) is 4.90 Å². The number of hydrogen-bond acceptors (Lipinski definition) is 3. The molecule has 0 amide bonds. The molecule has 1 fully saturated rings. The van der Waals surface area contributed by atoms with Gasteiger partial charge in [0.05, 0.1) is 19.3 Å². The third kappa shape index (κ3) is 4.86. The Morgan fingerprint density at radius 2 is 1.93 bits per heavy atom. The van der Waals surface area contributed by atoms with Crippen molar-refractivity contribution in [3.63, 3.8) is 0 Å². The summed E-state index contributed by atoms with van der Waals surface area (Å²) >= 11 is 0. The van der Waals surface area contributed by atoms with Crippen LogP contribution in [0.4, 0.5) is 13.2 Å². The number of aliphatic hydroxyl groups is 1. The highest BCUT2D eigenvalue weighted by Gasteiger charge is 2.37. The average Bonchev–Trinajstić information content (AvgIpc) is 2.68. The van der Waals surface area contributed by atoms with Crippen LogP contribution in [0.25, 0.3) is 0 Å². The summed E-state index contributed by atoms with van der Waals surface area (Å²) in [5, 5.41) is 10.2. The quantitative estimate of drug-likeness (QED) is 0.783. The fourth-order valence-electron chi connectivity index (χ4n) is 4.17. The molecule has 2 aromatic rings. The first kappa shape index (κ1) is 20.7. The average molecular weight is 393 g/mol. The van der Waals surface area contributed by atoms with Crippen molar-refractivity contribution in [2.24, 2.45) is 5.41 Å². The van der Waals surface area contributed by atoms with Crippen LogP contribution < -0.4 is 4.74 Å². The molecule has 1 unspecified atom stereocenters. The lowest BCUT2D eigenvalue weighted by atomic mass is 9.75. The Morgan fingerprint density at radius 3 is 2.64 bits per heavy atom. The zero-order chi connectivity index (χ0) is 20.2. The summed E-state index contributed by atoms with van der Waals surface area (Å²) in [6.07, 6.45) is -2.00. The maximum Gasteiger partial charge on any atom is 0.416 e. The molecular weight excluding hydrogens is 367 g/mol. The van der Waals surface area contributed by atoms with Gasteiger partial charge >= 0.3 is 6.18 Å². The van der Waals surface area contributed by atoms with Gasteiger partial charge in [0.15, 0.2) is 0 Å². The van der Waals surface area contributed by atoms with Gasteiger partial charge in [0.2, 0.25) is 0 Å². The molecule has 0 bridgehead atoms. The maximum absolute atomic E-state index is 13.3. The minimum absolute atomic E-state index is 0.00161. The first-order chi connectivity index (χ1) is 13.3. The number of piperidine rings is 1. The van der Waals surface area contributed by atoms with Crippen molar-refractivity contribution in [3.05, 3.63) is 65.2 Å². The maximum atomic E-state index is 13.3. The molecule has 3 nitrogen and oxygen atoms in total. The number of aliphatic hydroxyl groups excluding tert-OH is 1. The molecule has 1 aliphatic heterocycles. The van der Waals surface area contributed by atoms with E-state index in [4.69, 9.17) is 4.74 Å². The summed E-state index contributed by atoms with van der Waals surface area (Å²) in [5.41, 5.74) is 0.400. The second-order valence-corrected chi connectivity index (χ2v) is 7.66. The van der Waals surface area contributed by atoms with Crippen molar-refractivity contribution >= 4 is 0 Å². The van der Waals surface area contributed by atoms with Crippen molar-refractivity contribution < 1.29 is 23.0 Å². The van der Waals surface area contributed by atoms with E-state index >= 15 is 0 Å². The smallest absolute Gasteiger partial charge is 0.416 e. The molecule has 6 heteroatoms. The molecule has 1 N–H and O–H groups in total. The Morgan fingerprint density at radius 1 is 1.14 bits per heavy atom. The molecule has 0 aliphatic carbocycles. The molecule has 0 saturated carbocycles. The van der Waals surface area contributed by atoms with Gasteiger partial charge in [-0.15, -0.1) is 0 Å². The monoisotopic (exact) mass is 393 g/mol. The van der Waals surface area contributed by atoms with E-state index in [1.54, 1.807) is 19.2 Å². The molecule has 2 aromatic carbocycles. The summed E-state index contributed by atoms with van der Waals surface area (Å²) in [6, 6.07) is 13.5. The highest BCUT2D eigenvalue weighted by Crippen LogP contribution is 2.36. The largest absolute Gasteiger partial charge is 0.497 e. The lowest BCUT2D eigenvalue weighted by Crippen LogP contribution is -2.46. The predicted octanol–water partition coefficient (Wildman–Crippen LogP) is 4.53. The molecule has 0 spiro atoms. The van der Waals surface area contributed by atoms with Gasteiger partial charge in [-0.1, -0.05) is 30.3 Å². The minimum atomic E-state index is -4.36. The van der Waals surface area contributed by atoms with Crippen LogP contribution in [-0.2, 0) is 19.1 Å². The summed E-state index contributed by atoms with van der Waals surface area (Å²) in [6.45, 7) is 1.52. The van der Waals surface area contributed by atoms with Gasteiger partial charge in [0.25, 0.3) is 0 Å². The number of halogens is 3. The van der Waals surface area contributed by atoms with Crippen molar-refractivity contribution in [1.82, 2.24) is 4.90 Å². The van der Waals surface area contributed by atoms with Gasteiger partial charge in [-0.2, -0.15) is 13.2 Å². The van der Waals surface area contributed by atoms with Crippen molar-refractivity contribution in [3.8, 4) is 5.75 Å². The Kier molecular flexibility index (Phi) is 6.30. The fraction of sp³-hybridized carbons (Fsp3) is 0.455. The van der Waals surface area contributed by atoms with Crippen molar-refractivity contribution in [2.75, 3.05) is 26.8 Å². The lowest BCUT2D eigenvalue weighted by molar-refractivity contribution is -0.138. The van der Waals surface area contributed by atoms with Crippen LogP contribution in [0.15, 0.2) is 48.5 Å². The fourth-order valence-corrected chi connectivity index (χ4v) is 4.17. The Bertz CT molecular complexity index is 793. The van der Waals surface area contributed by atoms with Crippen LogP contribution in [-0.4, -0.2) is 36.8 Å². The van der Waals surface area contributed by atoms with Gasteiger partial charge in [-0.25, -0.2) is 0 Å². The highest BCUT2D eigenvalue weighted by molar-refractivity contribution is 5.31. The normalized spacial score (nSPS) is 20.9. The highest BCUT2D eigenvalue weighted by atomic mass is 19.4. The topological polar surface area (TPSA) is 32.7 Å². The molecule has 0 aromatic heterocycles. The van der Waals surface area contributed by atoms with Crippen LogP contribution in [0.5, 0.6) is 5.75 Å². The zero-order valence-electron chi connectivity index (χ0n) is 16.0. The summed E-state index contributed by atoms with van der Waals surface area (Å²) in [7, 11) is 1.61. The van der Waals surface area contributed by atoms with E-state index in [9.17, 15) is 18.3 Å². The van der Waals surface area contributed by atoms with Gasteiger partial charge in [0.1, 0.15) is 5.75 Å². The molecule has 1 atom stereocenters. The van der Waals surface area contributed by atoms with Crippen molar-refractivity contribution in [2.45, 2.75) is 32.0 Å². The van der Waals surface area contributed by atoms with Crippen LogP contribution in [0, 0.1) is 5.41 Å². The second-order valence-electron chi connectivity index (χ2n) is 7.66. The summed E-state index contributed by atoms with van der Waals surface area (Å²) < 4.78 is 45.2. The first-order valence-electron chi connectivity index (χ1n) is 9.46. The first-order valence-corrected chi connectivity index (χ1v) is 9.46.